The Morgan fingerprint density at radius 2 is 1.82 bits per heavy atom. The molecule has 0 aliphatic carbocycles. The summed E-state index contributed by atoms with van der Waals surface area (Å²) in [7, 11) is 1.67. The van der Waals surface area contributed by atoms with Gasteiger partial charge in [-0.1, -0.05) is 20.8 Å². The number of methoxy groups -OCH3 is 1. The first-order chi connectivity index (χ1) is 8.07. The number of nitrogens with two attached hydrogens (primary N) is 1. The van der Waals surface area contributed by atoms with Crippen LogP contribution in [0.5, 0.6) is 0 Å². The molecule has 0 aromatic heterocycles. The van der Waals surface area contributed by atoms with Gasteiger partial charge in [0.15, 0.2) is 0 Å². The molecule has 0 aromatic carbocycles. The van der Waals surface area contributed by atoms with E-state index in [0.717, 1.165) is 19.3 Å². The van der Waals surface area contributed by atoms with Crippen LogP contribution in [0.3, 0.4) is 0 Å². The first-order valence-corrected chi connectivity index (χ1v) is 6.38. The zero-order chi connectivity index (χ0) is 13.3. The molecule has 0 saturated carbocycles. The van der Waals surface area contributed by atoms with Crippen molar-refractivity contribution in [1.82, 2.24) is 10.7 Å². The number of guanidine groups is 1. The van der Waals surface area contributed by atoms with Crippen LogP contribution < -0.4 is 16.6 Å². The summed E-state index contributed by atoms with van der Waals surface area (Å²) in [5.41, 5.74) is 2.70. The Bertz CT molecular complexity index is 218. The van der Waals surface area contributed by atoms with Crippen LogP contribution in [-0.4, -0.2) is 31.3 Å². The highest BCUT2D eigenvalue weighted by Gasteiger charge is 2.24. The fourth-order valence-electron chi connectivity index (χ4n) is 1.87. The van der Waals surface area contributed by atoms with Gasteiger partial charge in [0.1, 0.15) is 0 Å². The molecule has 0 fully saturated rings. The first kappa shape index (κ1) is 16.2. The maximum atomic E-state index is 5.50. The van der Waals surface area contributed by atoms with Gasteiger partial charge in [-0.15, -0.1) is 0 Å². The smallest absolute Gasteiger partial charge is 0.206 e. The molecule has 5 nitrogen and oxygen atoms in total. The van der Waals surface area contributed by atoms with Crippen molar-refractivity contribution < 1.29 is 4.74 Å². The molecule has 0 heterocycles. The Morgan fingerprint density at radius 1 is 1.29 bits per heavy atom. The van der Waals surface area contributed by atoms with E-state index in [9.17, 15) is 0 Å². The third kappa shape index (κ3) is 5.37. The lowest BCUT2D eigenvalue weighted by Gasteiger charge is -2.33. The Morgan fingerprint density at radius 3 is 2.18 bits per heavy atom. The minimum atomic E-state index is 0.0675. The van der Waals surface area contributed by atoms with Gasteiger partial charge < -0.3 is 10.1 Å². The van der Waals surface area contributed by atoms with Crippen LogP contribution in [0.15, 0.2) is 4.99 Å². The molecule has 0 rings (SSSR count). The van der Waals surface area contributed by atoms with Gasteiger partial charge in [-0.25, -0.2) is 10.8 Å². The number of hydrazine groups is 1. The van der Waals surface area contributed by atoms with Gasteiger partial charge in [-0.2, -0.15) is 0 Å². The second-order valence-electron chi connectivity index (χ2n) is 4.39. The van der Waals surface area contributed by atoms with Crippen molar-refractivity contribution in [3.05, 3.63) is 0 Å². The van der Waals surface area contributed by atoms with E-state index >= 15 is 0 Å². The summed E-state index contributed by atoms with van der Waals surface area (Å²) in [6.45, 7) is 9.10. The highest BCUT2D eigenvalue weighted by atomic mass is 16.5. The summed E-state index contributed by atoms with van der Waals surface area (Å²) < 4.78 is 5.05. The van der Waals surface area contributed by atoms with Gasteiger partial charge in [0, 0.05) is 12.6 Å². The maximum Gasteiger partial charge on any atom is 0.206 e. The van der Waals surface area contributed by atoms with E-state index in [2.05, 4.69) is 36.5 Å². The molecule has 0 amide bonds. The zero-order valence-electron chi connectivity index (χ0n) is 11.8. The highest BCUT2D eigenvalue weighted by molar-refractivity contribution is 5.80. The van der Waals surface area contributed by atoms with Crippen molar-refractivity contribution in [3.63, 3.8) is 0 Å². The van der Waals surface area contributed by atoms with Crippen molar-refractivity contribution in [1.29, 1.82) is 0 Å². The first-order valence-electron chi connectivity index (χ1n) is 6.38. The predicted octanol–water partition coefficient (Wildman–Crippen LogP) is 1.40. The van der Waals surface area contributed by atoms with Crippen molar-refractivity contribution in [2.24, 2.45) is 10.8 Å². The molecular weight excluding hydrogens is 216 g/mol. The molecule has 102 valence electrons. The van der Waals surface area contributed by atoms with Crippen LogP contribution >= 0.6 is 0 Å². The summed E-state index contributed by atoms with van der Waals surface area (Å²) in [5, 5.41) is 3.41. The van der Waals surface area contributed by atoms with Gasteiger partial charge in [0.25, 0.3) is 0 Å². The zero-order valence-corrected chi connectivity index (χ0v) is 11.8. The lowest BCUT2D eigenvalue weighted by molar-refractivity contribution is 0.185. The Balaban J connectivity index is 4.66. The number of nitrogens with one attached hydrogen (secondary N) is 2. The summed E-state index contributed by atoms with van der Waals surface area (Å²) in [4.78, 5) is 4.46. The van der Waals surface area contributed by atoms with Gasteiger partial charge in [-0.3, -0.25) is 5.43 Å². The Hall–Kier alpha value is -0.810. The summed E-state index contributed by atoms with van der Waals surface area (Å²) in [6.07, 6.45) is 3.12. The van der Waals surface area contributed by atoms with E-state index in [0.29, 0.717) is 12.6 Å². The molecule has 0 spiro atoms. The molecule has 0 saturated heterocycles. The molecule has 1 atom stereocenters. The molecule has 1 unspecified atom stereocenters. The molecule has 0 aliphatic rings. The van der Waals surface area contributed by atoms with Gasteiger partial charge in [0.05, 0.1) is 12.6 Å². The van der Waals surface area contributed by atoms with Crippen molar-refractivity contribution in [2.45, 2.75) is 58.5 Å². The fourth-order valence-corrected chi connectivity index (χ4v) is 1.87. The molecule has 4 N–H and O–H groups in total. The van der Waals surface area contributed by atoms with Gasteiger partial charge in [0.2, 0.25) is 5.96 Å². The van der Waals surface area contributed by atoms with Crippen LogP contribution in [0.4, 0.5) is 0 Å². The third-order valence-electron chi connectivity index (χ3n) is 3.31. The van der Waals surface area contributed by atoms with Crippen LogP contribution in [0.25, 0.3) is 0 Å². The maximum absolute atomic E-state index is 5.50. The van der Waals surface area contributed by atoms with Crippen LogP contribution in [0, 0.1) is 0 Å². The Kier molecular flexibility index (Phi) is 7.91. The van der Waals surface area contributed by atoms with Crippen molar-refractivity contribution in [3.8, 4) is 0 Å². The van der Waals surface area contributed by atoms with Crippen molar-refractivity contribution in [2.75, 3.05) is 13.7 Å². The van der Waals surface area contributed by atoms with Gasteiger partial charge >= 0.3 is 0 Å². The average Bonchev–Trinajstić information content (AvgIpc) is 2.35. The molecule has 0 bridgehead atoms. The Labute approximate surface area is 105 Å². The number of hydrogen-bond acceptors (Lipinski definition) is 3. The van der Waals surface area contributed by atoms with Crippen LogP contribution in [-0.2, 0) is 4.74 Å². The molecule has 0 aromatic rings. The minimum Gasteiger partial charge on any atom is -0.382 e. The molecule has 0 radical (unpaired) electrons. The fraction of sp³-hybridized carbons (Fsp3) is 0.917. The molecule has 5 heteroatoms. The monoisotopic (exact) mass is 244 g/mol. The van der Waals surface area contributed by atoms with E-state index in [1.807, 2.05) is 6.92 Å². The standard InChI is InChI=1S/C12H28N4O/c1-6-12(7-2,8-3)15-11(16-13)14-10(4)9-17-5/h10H,6-9,13H2,1-5H3,(H2,14,15,16). The number of hydrogen-bond donors (Lipinski definition) is 3. The van der Waals surface area contributed by atoms with E-state index < -0.39 is 0 Å². The van der Waals surface area contributed by atoms with Crippen LogP contribution in [0.1, 0.15) is 47.0 Å². The third-order valence-corrected chi connectivity index (χ3v) is 3.31. The molecular formula is C12H28N4O. The summed E-state index contributed by atoms with van der Waals surface area (Å²) in [5.74, 6) is 6.14. The molecule has 0 aliphatic heterocycles. The SMILES string of the molecule is CCC(CC)(CC)NC(=NC(C)COC)NN. The average molecular weight is 244 g/mol. The number of nitrogens with zero attached hydrogens (tertiary/aromatic N) is 1. The quantitative estimate of drug-likeness (QED) is 0.274. The lowest BCUT2D eigenvalue weighted by Crippen LogP contribution is -2.54. The van der Waals surface area contributed by atoms with E-state index in [1.54, 1.807) is 7.11 Å². The van der Waals surface area contributed by atoms with Crippen LogP contribution in [0.2, 0.25) is 0 Å². The predicted molar refractivity (Wildman–Crippen MR) is 72.8 cm³/mol. The number of aliphatic imine (C=N–C) groups is 1. The second kappa shape index (κ2) is 8.31. The summed E-state index contributed by atoms with van der Waals surface area (Å²) in [6, 6.07) is 0.0850. The largest absolute Gasteiger partial charge is 0.382 e. The topological polar surface area (TPSA) is 71.7 Å². The minimum absolute atomic E-state index is 0.0675. The van der Waals surface area contributed by atoms with E-state index in [4.69, 9.17) is 10.6 Å². The van der Waals surface area contributed by atoms with E-state index in [-0.39, 0.29) is 11.6 Å². The summed E-state index contributed by atoms with van der Waals surface area (Å²) >= 11 is 0. The second-order valence-corrected chi connectivity index (χ2v) is 4.39. The lowest BCUT2D eigenvalue weighted by atomic mass is 9.90. The normalized spacial score (nSPS) is 14.6. The number of rotatable bonds is 7. The molecule has 17 heavy (non-hydrogen) atoms. The van der Waals surface area contributed by atoms with Gasteiger partial charge in [-0.05, 0) is 26.2 Å². The highest BCUT2D eigenvalue weighted by Crippen LogP contribution is 2.18. The number of ether oxygens (including phenoxy) is 1. The van der Waals surface area contributed by atoms with Crippen molar-refractivity contribution >= 4 is 5.96 Å². The van der Waals surface area contributed by atoms with E-state index in [1.165, 1.54) is 0 Å².